The van der Waals surface area contributed by atoms with Crippen LogP contribution in [0.5, 0.6) is 5.75 Å². The van der Waals surface area contributed by atoms with E-state index in [-0.39, 0.29) is 5.91 Å². The fraction of sp³-hybridized carbons (Fsp3) is 0.375. The molecule has 2 heterocycles. The van der Waals surface area contributed by atoms with Gasteiger partial charge in [0.15, 0.2) is 0 Å². The molecule has 0 aliphatic carbocycles. The topological polar surface area (TPSA) is 44.8 Å². The number of thiophene rings is 1. The summed E-state index contributed by atoms with van der Waals surface area (Å²) in [4.78, 5) is 18.1. The van der Waals surface area contributed by atoms with Gasteiger partial charge in [-0.3, -0.25) is 9.69 Å². The maximum absolute atomic E-state index is 12.4. The Morgan fingerprint density at radius 3 is 2.60 bits per heavy atom. The molecule has 6 heteroatoms. The summed E-state index contributed by atoms with van der Waals surface area (Å²) in [5.41, 5.74) is 1.18. The minimum atomic E-state index is 0.0432. The van der Waals surface area contributed by atoms with Crippen LogP contribution >= 0.6 is 11.3 Å². The van der Waals surface area contributed by atoms with Crippen LogP contribution in [0.2, 0.25) is 0 Å². The van der Waals surface area contributed by atoms with Gasteiger partial charge in [-0.15, -0.1) is 11.3 Å². The lowest BCUT2D eigenvalue weighted by atomic mass is 10.2. The number of rotatable bonds is 8. The molecular weight excluding hydrogens is 393 g/mol. The van der Waals surface area contributed by atoms with Crippen LogP contribution in [0.25, 0.3) is 10.1 Å². The number of para-hydroxylation sites is 2. The van der Waals surface area contributed by atoms with Gasteiger partial charge in [0.2, 0.25) is 0 Å². The Morgan fingerprint density at radius 1 is 1.03 bits per heavy atom. The smallest absolute Gasteiger partial charge is 0.261 e. The predicted octanol–water partition coefficient (Wildman–Crippen LogP) is 4.24. The number of piperazine rings is 1. The van der Waals surface area contributed by atoms with E-state index < -0.39 is 0 Å². The van der Waals surface area contributed by atoms with E-state index in [9.17, 15) is 4.79 Å². The zero-order valence-electron chi connectivity index (χ0n) is 17.5. The zero-order valence-corrected chi connectivity index (χ0v) is 18.3. The molecule has 1 aliphatic rings. The Kier molecular flexibility index (Phi) is 6.87. The number of hydrogen-bond donors (Lipinski definition) is 1. The third-order valence-electron chi connectivity index (χ3n) is 5.63. The summed E-state index contributed by atoms with van der Waals surface area (Å²) in [6.07, 6.45) is 2.10. The van der Waals surface area contributed by atoms with Gasteiger partial charge in [0.05, 0.1) is 17.7 Å². The molecule has 1 aromatic heterocycles. The summed E-state index contributed by atoms with van der Waals surface area (Å²) in [5.74, 6) is 0.988. The van der Waals surface area contributed by atoms with Crippen LogP contribution in [0.3, 0.4) is 0 Å². The minimum absolute atomic E-state index is 0.0432. The van der Waals surface area contributed by atoms with Crippen LogP contribution in [0, 0.1) is 0 Å². The molecule has 3 aromatic rings. The normalized spacial score (nSPS) is 14.8. The third kappa shape index (κ3) is 4.94. The first kappa shape index (κ1) is 20.7. The molecule has 1 N–H and O–H groups in total. The van der Waals surface area contributed by atoms with E-state index in [2.05, 4.69) is 39.4 Å². The second kappa shape index (κ2) is 9.96. The van der Waals surface area contributed by atoms with Crippen molar-refractivity contribution < 1.29 is 9.53 Å². The number of amides is 1. The van der Waals surface area contributed by atoms with Crippen LogP contribution in [0.1, 0.15) is 22.5 Å². The average Bonchev–Trinajstić information content (AvgIpc) is 3.24. The second-order valence-corrected chi connectivity index (χ2v) is 8.70. The van der Waals surface area contributed by atoms with E-state index in [0.717, 1.165) is 72.8 Å². The van der Waals surface area contributed by atoms with Crippen molar-refractivity contribution in [1.82, 2.24) is 10.2 Å². The number of anilines is 1. The van der Waals surface area contributed by atoms with Gasteiger partial charge in [0.1, 0.15) is 5.75 Å². The number of unbranched alkanes of at least 4 members (excludes halogenated alkanes) is 1. The molecular formula is C24H29N3O2S. The number of fused-ring (bicyclic) bond motifs is 1. The van der Waals surface area contributed by atoms with Gasteiger partial charge in [-0.2, -0.15) is 0 Å². The Morgan fingerprint density at radius 2 is 1.80 bits per heavy atom. The highest BCUT2D eigenvalue weighted by Crippen LogP contribution is 2.28. The first-order valence-corrected chi connectivity index (χ1v) is 11.4. The summed E-state index contributed by atoms with van der Waals surface area (Å²) in [7, 11) is 1.73. The van der Waals surface area contributed by atoms with Crippen LogP contribution in [-0.4, -0.2) is 57.2 Å². The van der Waals surface area contributed by atoms with Crippen LogP contribution < -0.4 is 15.0 Å². The van der Waals surface area contributed by atoms with E-state index in [4.69, 9.17) is 4.74 Å². The molecule has 0 unspecified atom stereocenters. The van der Waals surface area contributed by atoms with Crippen LogP contribution in [-0.2, 0) is 0 Å². The van der Waals surface area contributed by atoms with Crippen molar-refractivity contribution in [2.45, 2.75) is 12.8 Å². The fourth-order valence-electron chi connectivity index (χ4n) is 3.95. The highest BCUT2D eigenvalue weighted by atomic mass is 32.1. The average molecular weight is 423 g/mol. The van der Waals surface area contributed by atoms with Crippen molar-refractivity contribution in [1.29, 1.82) is 0 Å². The largest absolute Gasteiger partial charge is 0.495 e. The molecule has 0 bridgehead atoms. The lowest BCUT2D eigenvalue weighted by Gasteiger charge is -2.36. The highest BCUT2D eigenvalue weighted by Gasteiger charge is 2.19. The maximum Gasteiger partial charge on any atom is 0.261 e. The van der Waals surface area contributed by atoms with Gasteiger partial charge in [0, 0.05) is 37.4 Å². The minimum Gasteiger partial charge on any atom is -0.495 e. The molecule has 2 aromatic carbocycles. The van der Waals surface area contributed by atoms with Gasteiger partial charge in [0.25, 0.3) is 5.91 Å². The van der Waals surface area contributed by atoms with E-state index in [1.165, 1.54) is 5.69 Å². The van der Waals surface area contributed by atoms with Gasteiger partial charge in [-0.1, -0.05) is 30.3 Å². The summed E-state index contributed by atoms with van der Waals surface area (Å²) in [6.45, 7) is 5.97. The molecule has 0 saturated carbocycles. The molecule has 0 radical (unpaired) electrons. The van der Waals surface area contributed by atoms with Gasteiger partial charge < -0.3 is 15.0 Å². The number of nitrogens with one attached hydrogen (secondary N) is 1. The second-order valence-electron chi connectivity index (χ2n) is 7.61. The van der Waals surface area contributed by atoms with Gasteiger partial charge >= 0.3 is 0 Å². The Bertz CT molecular complexity index is 946. The summed E-state index contributed by atoms with van der Waals surface area (Å²) in [5, 5.41) is 4.21. The first-order valence-electron chi connectivity index (χ1n) is 10.6. The van der Waals surface area contributed by atoms with Crippen molar-refractivity contribution in [3.8, 4) is 5.75 Å². The summed E-state index contributed by atoms with van der Waals surface area (Å²) >= 11 is 1.56. The molecule has 4 rings (SSSR count). The molecule has 1 fully saturated rings. The molecule has 0 atom stereocenters. The number of benzene rings is 2. The molecule has 158 valence electrons. The van der Waals surface area contributed by atoms with E-state index >= 15 is 0 Å². The molecule has 1 aliphatic heterocycles. The molecule has 5 nitrogen and oxygen atoms in total. The quantitative estimate of drug-likeness (QED) is 0.552. The third-order valence-corrected chi connectivity index (χ3v) is 6.75. The Labute approximate surface area is 182 Å². The fourth-order valence-corrected chi connectivity index (χ4v) is 4.93. The predicted molar refractivity (Wildman–Crippen MR) is 125 cm³/mol. The monoisotopic (exact) mass is 422 g/mol. The number of hydrogen-bond acceptors (Lipinski definition) is 5. The molecule has 0 spiro atoms. The summed E-state index contributed by atoms with van der Waals surface area (Å²) in [6, 6.07) is 18.3. The maximum atomic E-state index is 12.4. The number of nitrogens with zero attached hydrogens (tertiary/aromatic N) is 2. The van der Waals surface area contributed by atoms with Gasteiger partial charge in [-0.25, -0.2) is 0 Å². The number of carbonyl (C=O) groups excluding carboxylic acids is 1. The van der Waals surface area contributed by atoms with E-state index in [1.807, 2.05) is 30.3 Å². The van der Waals surface area contributed by atoms with Crippen molar-refractivity contribution in [3.63, 3.8) is 0 Å². The van der Waals surface area contributed by atoms with Crippen LogP contribution in [0.15, 0.2) is 54.6 Å². The first-order chi connectivity index (χ1) is 14.7. The van der Waals surface area contributed by atoms with E-state index in [0.29, 0.717) is 0 Å². The number of ether oxygens (including phenoxy) is 1. The lowest BCUT2D eigenvalue weighted by molar-refractivity contribution is 0.0956. The van der Waals surface area contributed by atoms with Crippen molar-refractivity contribution in [3.05, 3.63) is 59.5 Å². The summed E-state index contributed by atoms with van der Waals surface area (Å²) < 4.78 is 6.66. The van der Waals surface area contributed by atoms with Crippen molar-refractivity contribution in [2.24, 2.45) is 0 Å². The number of methoxy groups -OCH3 is 1. The standard InChI is InChI=1S/C24H29N3O2S/c1-29-21-10-4-3-9-20(21)27-16-14-26(15-17-27)13-7-6-12-25-24(28)23-18-19-8-2-5-11-22(19)30-23/h2-5,8-11,18H,6-7,12-17H2,1H3,(H,25,28)/i1-1. The number of carbonyl (C=O) groups is 1. The SMILES string of the molecule is [11CH3]Oc1ccccc1N1CCN(CCCCNC(=O)c2cc3ccccc3s2)CC1. The van der Waals surface area contributed by atoms with Crippen molar-refractivity contribution >= 4 is 33.0 Å². The van der Waals surface area contributed by atoms with Crippen molar-refractivity contribution in [2.75, 3.05) is 51.3 Å². The Hall–Kier alpha value is -2.57. The van der Waals surface area contributed by atoms with E-state index in [1.54, 1.807) is 18.4 Å². The van der Waals surface area contributed by atoms with Crippen LogP contribution in [0.4, 0.5) is 5.69 Å². The van der Waals surface area contributed by atoms with Gasteiger partial charge in [-0.05, 0) is 49.0 Å². The molecule has 1 saturated heterocycles. The lowest BCUT2D eigenvalue weighted by Crippen LogP contribution is -2.46. The molecule has 30 heavy (non-hydrogen) atoms. The zero-order chi connectivity index (χ0) is 20.8. The Balaban J connectivity index is 1.15. The molecule has 1 amide bonds. The highest BCUT2D eigenvalue weighted by molar-refractivity contribution is 7.20.